The van der Waals surface area contributed by atoms with Gasteiger partial charge in [0.05, 0.1) is 5.56 Å². The van der Waals surface area contributed by atoms with Crippen LogP contribution in [0.25, 0.3) is 0 Å². The van der Waals surface area contributed by atoms with Gasteiger partial charge in [0.15, 0.2) is 0 Å². The van der Waals surface area contributed by atoms with Crippen LogP contribution in [0.5, 0.6) is 5.88 Å². The zero-order valence-corrected chi connectivity index (χ0v) is 9.77. The maximum Gasteiger partial charge on any atom is 0.262 e. The number of aromatic nitrogens is 2. The minimum Gasteiger partial charge on any atom is -0.493 e. The summed E-state index contributed by atoms with van der Waals surface area (Å²) in [5, 5.41) is 9.50. The molecule has 5 nitrogen and oxygen atoms in total. The van der Waals surface area contributed by atoms with Gasteiger partial charge in [0.25, 0.3) is 5.56 Å². The van der Waals surface area contributed by atoms with Gasteiger partial charge in [-0.05, 0) is 19.8 Å². The van der Waals surface area contributed by atoms with Gasteiger partial charge < -0.3 is 9.84 Å². The standard InChI is InChI=1S/C11H18N2O3/c1-3-5-6-9-10(14)12-7-13(11(9)15)8-16-4-2/h7,14H,3-6,8H2,1-2H3. The second-order valence-electron chi connectivity index (χ2n) is 3.55. The van der Waals surface area contributed by atoms with Gasteiger partial charge in [-0.2, -0.15) is 0 Å². The summed E-state index contributed by atoms with van der Waals surface area (Å²) in [7, 11) is 0. The third kappa shape index (κ3) is 3.06. The highest BCUT2D eigenvalue weighted by Crippen LogP contribution is 2.10. The number of rotatable bonds is 6. The number of hydrogen-bond donors (Lipinski definition) is 1. The molecule has 1 aromatic rings. The van der Waals surface area contributed by atoms with E-state index in [0.29, 0.717) is 18.6 Å². The van der Waals surface area contributed by atoms with Gasteiger partial charge in [-0.1, -0.05) is 13.3 Å². The van der Waals surface area contributed by atoms with E-state index in [4.69, 9.17) is 4.74 Å². The number of hydrogen-bond acceptors (Lipinski definition) is 4. The number of nitrogens with zero attached hydrogens (tertiary/aromatic N) is 2. The van der Waals surface area contributed by atoms with Crippen molar-refractivity contribution in [2.45, 2.75) is 39.8 Å². The van der Waals surface area contributed by atoms with Crippen molar-refractivity contribution in [3.8, 4) is 5.88 Å². The minimum absolute atomic E-state index is 0.161. The number of aromatic hydroxyl groups is 1. The van der Waals surface area contributed by atoms with E-state index in [1.807, 2.05) is 13.8 Å². The van der Waals surface area contributed by atoms with Gasteiger partial charge in [0.2, 0.25) is 5.88 Å². The molecule has 0 aromatic carbocycles. The van der Waals surface area contributed by atoms with Crippen LogP contribution in [0, 0.1) is 0 Å². The summed E-state index contributed by atoms with van der Waals surface area (Å²) in [6, 6.07) is 0. The molecule has 0 saturated heterocycles. The second-order valence-corrected chi connectivity index (χ2v) is 3.55. The molecule has 1 N–H and O–H groups in total. The van der Waals surface area contributed by atoms with E-state index < -0.39 is 0 Å². The Hall–Kier alpha value is -1.36. The molecular formula is C11H18N2O3. The molecule has 0 aliphatic heterocycles. The molecule has 5 heteroatoms. The molecule has 0 saturated carbocycles. The molecule has 0 radical (unpaired) electrons. The lowest BCUT2D eigenvalue weighted by Crippen LogP contribution is -2.25. The van der Waals surface area contributed by atoms with Crippen molar-refractivity contribution >= 4 is 0 Å². The van der Waals surface area contributed by atoms with E-state index in [1.54, 1.807) is 0 Å². The summed E-state index contributed by atoms with van der Waals surface area (Å²) in [6.07, 6.45) is 3.70. The molecule has 90 valence electrons. The van der Waals surface area contributed by atoms with Gasteiger partial charge in [-0.25, -0.2) is 4.98 Å². The summed E-state index contributed by atoms with van der Waals surface area (Å²) in [5.41, 5.74) is 0.165. The summed E-state index contributed by atoms with van der Waals surface area (Å²) < 4.78 is 6.51. The van der Waals surface area contributed by atoms with E-state index in [-0.39, 0.29) is 18.2 Å². The van der Waals surface area contributed by atoms with Crippen LogP contribution in [0.15, 0.2) is 11.1 Å². The number of ether oxygens (including phenoxy) is 1. The second kappa shape index (κ2) is 6.27. The maximum atomic E-state index is 11.9. The zero-order chi connectivity index (χ0) is 12.0. The molecule has 0 fully saturated rings. The lowest BCUT2D eigenvalue weighted by Gasteiger charge is -2.08. The highest BCUT2D eigenvalue weighted by molar-refractivity contribution is 5.21. The Labute approximate surface area is 94.7 Å². The molecule has 0 amide bonds. The molecule has 1 heterocycles. The van der Waals surface area contributed by atoms with Gasteiger partial charge in [-0.15, -0.1) is 0 Å². The Morgan fingerprint density at radius 2 is 2.25 bits per heavy atom. The van der Waals surface area contributed by atoms with Crippen LogP contribution in [0.1, 0.15) is 32.3 Å². The molecule has 1 rings (SSSR count). The first kappa shape index (κ1) is 12.7. The van der Waals surface area contributed by atoms with Crippen LogP contribution in [-0.4, -0.2) is 21.3 Å². The molecule has 0 aliphatic rings. The third-order valence-electron chi connectivity index (χ3n) is 2.32. The third-order valence-corrected chi connectivity index (χ3v) is 2.32. The Bertz CT molecular complexity index is 387. The largest absolute Gasteiger partial charge is 0.493 e. The average Bonchev–Trinajstić information content (AvgIpc) is 2.28. The molecule has 1 aromatic heterocycles. The first-order valence-electron chi connectivity index (χ1n) is 5.55. The highest BCUT2D eigenvalue weighted by atomic mass is 16.5. The van der Waals surface area contributed by atoms with E-state index >= 15 is 0 Å². The first-order valence-corrected chi connectivity index (χ1v) is 5.55. The monoisotopic (exact) mass is 226 g/mol. The molecule has 16 heavy (non-hydrogen) atoms. The molecular weight excluding hydrogens is 208 g/mol. The normalized spacial score (nSPS) is 10.6. The van der Waals surface area contributed by atoms with Crippen LogP contribution in [0.4, 0.5) is 0 Å². The molecule has 0 atom stereocenters. The van der Waals surface area contributed by atoms with Crippen molar-refractivity contribution in [1.29, 1.82) is 0 Å². The maximum absolute atomic E-state index is 11.9. The van der Waals surface area contributed by atoms with Crippen LogP contribution in [0.2, 0.25) is 0 Å². The van der Waals surface area contributed by atoms with Gasteiger partial charge in [-0.3, -0.25) is 9.36 Å². The van der Waals surface area contributed by atoms with E-state index in [2.05, 4.69) is 4.98 Å². The summed E-state index contributed by atoms with van der Waals surface area (Å²) in [5.74, 6) is -0.161. The van der Waals surface area contributed by atoms with Gasteiger partial charge in [0, 0.05) is 6.61 Å². The van der Waals surface area contributed by atoms with Crippen molar-refractivity contribution in [1.82, 2.24) is 9.55 Å². The van der Waals surface area contributed by atoms with Gasteiger partial charge in [0.1, 0.15) is 13.1 Å². The minimum atomic E-state index is -0.214. The molecule has 0 bridgehead atoms. The predicted octanol–water partition coefficient (Wildman–Crippen LogP) is 1.29. The molecule has 0 aliphatic carbocycles. The smallest absolute Gasteiger partial charge is 0.262 e. The molecule has 0 spiro atoms. The van der Waals surface area contributed by atoms with Gasteiger partial charge >= 0.3 is 0 Å². The van der Waals surface area contributed by atoms with Crippen molar-refractivity contribution in [2.75, 3.05) is 6.61 Å². The highest BCUT2D eigenvalue weighted by Gasteiger charge is 2.10. The molecule has 0 unspecified atom stereocenters. The van der Waals surface area contributed by atoms with E-state index in [1.165, 1.54) is 10.9 Å². The SMILES string of the molecule is CCCCc1c(O)ncn(COCC)c1=O. The lowest BCUT2D eigenvalue weighted by atomic mass is 10.1. The Morgan fingerprint density at radius 1 is 1.50 bits per heavy atom. The quantitative estimate of drug-likeness (QED) is 0.793. The first-order chi connectivity index (χ1) is 7.70. The lowest BCUT2D eigenvalue weighted by molar-refractivity contribution is 0.0840. The fraction of sp³-hybridized carbons (Fsp3) is 0.636. The van der Waals surface area contributed by atoms with Crippen LogP contribution in [-0.2, 0) is 17.9 Å². The average molecular weight is 226 g/mol. The van der Waals surface area contributed by atoms with Crippen molar-refractivity contribution in [2.24, 2.45) is 0 Å². The van der Waals surface area contributed by atoms with Crippen molar-refractivity contribution < 1.29 is 9.84 Å². The fourth-order valence-electron chi connectivity index (χ4n) is 1.38. The zero-order valence-electron chi connectivity index (χ0n) is 9.77. The van der Waals surface area contributed by atoms with Crippen molar-refractivity contribution in [3.63, 3.8) is 0 Å². The van der Waals surface area contributed by atoms with Crippen molar-refractivity contribution in [3.05, 3.63) is 22.2 Å². The van der Waals surface area contributed by atoms with Crippen LogP contribution < -0.4 is 5.56 Å². The summed E-state index contributed by atoms with van der Waals surface area (Å²) in [6.45, 7) is 4.61. The fourth-order valence-corrected chi connectivity index (χ4v) is 1.38. The Kier molecular flexibility index (Phi) is 4.98. The van der Waals surface area contributed by atoms with E-state index in [9.17, 15) is 9.90 Å². The Balaban J connectivity index is 2.92. The topological polar surface area (TPSA) is 64.3 Å². The van der Waals surface area contributed by atoms with E-state index in [0.717, 1.165) is 12.8 Å². The van der Waals surface area contributed by atoms with Crippen LogP contribution >= 0.6 is 0 Å². The number of unbranched alkanes of at least 4 members (excludes halogenated alkanes) is 1. The summed E-state index contributed by atoms with van der Waals surface area (Å²) >= 11 is 0. The predicted molar refractivity (Wildman–Crippen MR) is 60.4 cm³/mol. The summed E-state index contributed by atoms with van der Waals surface area (Å²) in [4.78, 5) is 15.7. The Morgan fingerprint density at radius 3 is 2.88 bits per heavy atom. The van der Waals surface area contributed by atoms with Crippen LogP contribution in [0.3, 0.4) is 0 Å².